The molecule has 0 aliphatic heterocycles. The first-order valence-electron chi connectivity index (χ1n) is 8.82. The van der Waals surface area contributed by atoms with Crippen molar-refractivity contribution in [2.24, 2.45) is 0 Å². The topological polar surface area (TPSA) is 95.2 Å². The molecular weight excluding hydrogens is 401 g/mol. The molecule has 0 unspecified atom stereocenters. The second-order valence-electron chi connectivity index (χ2n) is 6.54. The van der Waals surface area contributed by atoms with Gasteiger partial charge in [0.05, 0.1) is 29.6 Å². The van der Waals surface area contributed by atoms with Crippen molar-refractivity contribution in [3.05, 3.63) is 75.8 Å². The van der Waals surface area contributed by atoms with Gasteiger partial charge in [0.1, 0.15) is 5.82 Å². The number of benzene rings is 2. The molecule has 10 heteroatoms. The largest absolute Gasteiger partial charge is 0.416 e. The van der Waals surface area contributed by atoms with Gasteiger partial charge in [-0.3, -0.25) is 14.4 Å². The maximum Gasteiger partial charge on any atom is 0.416 e. The molecule has 0 radical (unpaired) electrons. The van der Waals surface area contributed by atoms with Gasteiger partial charge in [-0.05, 0) is 36.4 Å². The van der Waals surface area contributed by atoms with Crippen molar-refractivity contribution in [1.29, 1.82) is 0 Å². The van der Waals surface area contributed by atoms with Crippen molar-refractivity contribution in [3.8, 4) is 0 Å². The van der Waals surface area contributed by atoms with E-state index in [9.17, 15) is 27.6 Å². The van der Waals surface area contributed by atoms with Crippen LogP contribution in [0.4, 0.5) is 13.2 Å². The van der Waals surface area contributed by atoms with Crippen LogP contribution in [0.15, 0.2) is 53.3 Å². The Morgan fingerprint density at radius 3 is 2.43 bits per heavy atom. The minimum absolute atomic E-state index is 0.000945. The summed E-state index contributed by atoms with van der Waals surface area (Å²) in [5.74, 6) is -0.864. The van der Waals surface area contributed by atoms with Gasteiger partial charge in [0.15, 0.2) is 0 Å². The number of nitrogens with zero attached hydrogens (tertiary/aromatic N) is 2. The Labute approximate surface area is 168 Å². The average Bonchev–Trinajstić information content (AvgIpc) is 2.71. The summed E-state index contributed by atoms with van der Waals surface area (Å²) in [5, 5.41) is 2.79. The van der Waals surface area contributed by atoms with Crippen molar-refractivity contribution in [2.75, 3.05) is 13.6 Å². The van der Waals surface area contributed by atoms with Crippen LogP contribution < -0.4 is 10.9 Å². The molecule has 0 aliphatic carbocycles. The lowest BCUT2D eigenvalue weighted by Gasteiger charge is -2.17. The van der Waals surface area contributed by atoms with Gasteiger partial charge in [0.2, 0.25) is 5.91 Å². The number of aromatic nitrogens is 2. The molecule has 0 fully saturated rings. The second kappa shape index (κ2) is 8.36. The third-order valence-electron chi connectivity index (χ3n) is 4.35. The number of carbonyl (C=O) groups excluding carboxylic acids is 2. The molecule has 1 aromatic heterocycles. The third-order valence-corrected chi connectivity index (χ3v) is 4.35. The van der Waals surface area contributed by atoms with Crippen LogP contribution in [-0.2, 0) is 17.5 Å². The van der Waals surface area contributed by atoms with E-state index in [0.29, 0.717) is 10.9 Å². The van der Waals surface area contributed by atoms with Gasteiger partial charge in [-0.15, -0.1) is 0 Å². The zero-order valence-corrected chi connectivity index (χ0v) is 15.8. The Balaban J connectivity index is 1.59. The predicted molar refractivity (Wildman–Crippen MR) is 103 cm³/mol. The van der Waals surface area contributed by atoms with E-state index in [1.165, 1.54) is 11.9 Å². The van der Waals surface area contributed by atoms with Crippen molar-refractivity contribution in [1.82, 2.24) is 20.2 Å². The fraction of sp³-hybridized carbons (Fsp3) is 0.200. The first kappa shape index (κ1) is 21.0. The van der Waals surface area contributed by atoms with Gasteiger partial charge in [-0.25, -0.2) is 4.98 Å². The number of amides is 2. The van der Waals surface area contributed by atoms with Crippen LogP contribution in [0.2, 0.25) is 0 Å². The first-order chi connectivity index (χ1) is 14.1. The van der Waals surface area contributed by atoms with Gasteiger partial charge in [-0.2, -0.15) is 13.2 Å². The predicted octanol–water partition coefficient (Wildman–Crippen LogP) is 2.33. The van der Waals surface area contributed by atoms with Crippen molar-refractivity contribution in [2.45, 2.75) is 12.7 Å². The standard InChI is InChI=1S/C20H17F3N4O3/c1-27(11-16-25-15-5-3-2-4-14(15)19(30)26-16)17(28)10-24-18(29)12-6-8-13(9-7-12)20(21,22)23/h2-9H,10-11H2,1H3,(H,24,29)(H,25,26,30). The lowest BCUT2D eigenvalue weighted by Crippen LogP contribution is -2.38. The summed E-state index contributed by atoms with van der Waals surface area (Å²) in [5.41, 5.74) is -0.703. The fourth-order valence-corrected chi connectivity index (χ4v) is 2.73. The zero-order valence-electron chi connectivity index (χ0n) is 15.8. The molecule has 2 N–H and O–H groups in total. The molecule has 0 bridgehead atoms. The van der Waals surface area contributed by atoms with Gasteiger partial charge in [-0.1, -0.05) is 12.1 Å². The Morgan fingerprint density at radius 1 is 1.10 bits per heavy atom. The van der Waals surface area contributed by atoms with E-state index < -0.39 is 23.6 Å². The summed E-state index contributed by atoms with van der Waals surface area (Å²) in [6.07, 6.45) is -4.49. The third kappa shape index (κ3) is 4.83. The van der Waals surface area contributed by atoms with Crippen LogP contribution in [0.3, 0.4) is 0 Å². The highest BCUT2D eigenvalue weighted by Gasteiger charge is 2.30. The lowest BCUT2D eigenvalue weighted by atomic mass is 10.1. The molecule has 2 aromatic carbocycles. The quantitative estimate of drug-likeness (QED) is 0.665. The monoisotopic (exact) mass is 418 g/mol. The summed E-state index contributed by atoms with van der Waals surface area (Å²) in [6, 6.07) is 10.4. The summed E-state index contributed by atoms with van der Waals surface area (Å²) < 4.78 is 37.7. The highest BCUT2D eigenvalue weighted by Crippen LogP contribution is 2.29. The Kier molecular flexibility index (Phi) is 5.86. The van der Waals surface area contributed by atoms with E-state index in [2.05, 4.69) is 15.3 Å². The maximum absolute atomic E-state index is 12.6. The molecule has 30 heavy (non-hydrogen) atoms. The Morgan fingerprint density at radius 2 is 1.77 bits per heavy atom. The highest BCUT2D eigenvalue weighted by molar-refractivity contribution is 5.96. The zero-order chi connectivity index (χ0) is 21.9. The molecule has 1 heterocycles. The summed E-state index contributed by atoms with van der Waals surface area (Å²) in [7, 11) is 1.47. The molecular formula is C20H17F3N4O3. The maximum atomic E-state index is 12.6. The molecule has 3 rings (SSSR count). The number of rotatable bonds is 5. The first-order valence-corrected chi connectivity index (χ1v) is 8.82. The van der Waals surface area contributed by atoms with Gasteiger partial charge < -0.3 is 15.2 Å². The number of halogens is 3. The average molecular weight is 418 g/mol. The summed E-state index contributed by atoms with van der Waals surface area (Å²) >= 11 is 0. The van der Waals surface area contributed by atoms with Crippen LogP contribution in [0.1, 0.15) is 21.7 Å². The molecule has 0 aliphatic rings. The molecule has 0 spiro atoms. The number of alkyl halides is 3. The molecule has 7 nitrogen and oxygen atoms in total. The number of H-pyrrole nitrogens is 1. The fourth-order valence-electron chi connectivity index (χ4n) is 2.73. The van der Waals surface area contributed by atoms with Crippen LogP contribution >= 0.6 is 0 Å². The molecule has 3 aromatic rings. The molecule has 156 valence electrons. The number of carbonyl (C=O) groups is 2. The highest BCUT2D eigenvalue weighted by atomic mass is 19.4. The number of likely N-dealkylation sites (N-methyl/N-ethyl adjacent to an activating group) is 1. The number of hydrogen-bond donors (Lipinski definition) is 2. The summed E-state index contributed by atoms with van der Waals surface area (Å²) in [4.78, 5) is 44.6. The Hall–Kier alpha value is -3.69. The SMILES string of the molecule is CN(Cc1nc2ccccc2c(=O)[nH]1)C(=O)CNC(=O)c1ccc(C(F)(F)F)cc1. The summed E-state index contributed by atoms with van der Waals surface area (Å²) in [6.45, 7) is -0.358. The molecule has 0 saturated carbocycles. The minimum atomic E-state index is -4.49. The number of hydrogen-bond acceptors (Lipinski definition) is 4. The van der Waals surface area contributed by atoms with E-state index in [0.717, 1.165) is 24.3 Å². The van der Waals surface area contributed by atoms with Crippen LogP contribution in [0.25, 0.3) is 10.9 Å². The van der Waals surface area contributed by atoms with E-state index in [4.69, 9.17) is 0 Å². The molecule has 2 amide bonds. The van der Waals surface area contributed by atoms with Gasteiger partial charge in [0, 0.05) is 12.6 Å². The van der Waals surface area contributed by atoms with E-state index in [-0.39, 0.29) is 30.0 Å². The van der Waals surface area contributed by atoms with Gasteiger partial charge >= 0.3 is 6.18 Å². The van der Waals surface area contributed by atoms with Crippen molar-refractivity contribution >= 4 is 22.7 Å². The molecule has 0 atom stereocenters. The van der Waals surface area contributed by atoms with E-state index >= 15 is 0 Å². The number of aromatic amines is 1. The number of nitrogens with one attached hydrogen (secondary N) is 2. The smallest absolute Gasteiger partial charge is 0.343 e. The lowest BCUT2D eigenvalue weighted by molar-refractivity contribution is -0.137. The normalized spacial score (nSPS) is 11.3. The Bertz CT molecular complexity index is 1140. The van der Waals surface area contributed by atoms with E-state index in [1.54, 1.807) is 24.3 Å². The van der Waals surface area contributed by atoms with Crippen LogP contribution in [0.5, 0.6) is 0 Å². The van der Waals surface area contributed by atoms with Crippen molar-refractivity contribution in [3.63, 3.8) is 0 Å². The number of para-hydroxylation sites is 1. The molecule has 0 saturated heterocycles. The van der Waals surface area contributed by atoms with Crippen LogP contribution in [0, 0.1) is 0 Å². The second-order valence-corrected chi connectivity index (χ2v) is 6.54. The van der Waals surface area contributed by atoms with E-state index in [1.807, 2.05) is 0 Å². The van der Waals surface area contributed by atoms with Crippen molar-refractivity contribution < 1.29 is 22.8 Å². The number of fused-ring (bicyclic) bond motifs is 1. The van der Waals surface area contributed by atoms with Crippen LogP contribution in [-0.4, -0.2) is 40.3 Å². The minimum Gasteiger partial charge on any atom is -0.343 e. The van der Waals surface area contributed by atoms with Gasteiger partial charge in [0.25, 0.3) is 11.5 Å².